The van der Waals surface area contributed by atoms with Crippen LogP contribution in [0.15, 0.2) is 0 Å². The molecule has 0 aliphatic heterocycles. The summed E-state index contributed by atoms with van der Waals surface area (Å²) in [7, 11) is 0. The molecule has 221 valence electrons. The van der Waals surface area contributed by atoms with Crippen molar-refractivity contribution < 1.29 is 32.7 Å². The topological polar surface area (TPSA) is 0 Å². The molecule has 0 bridgehead atoms. The summed E-state index contributed by atoms with van der Waals surface area (Å²) in [6.07, 6.45) is 18.4. The van der Waals surface area contributed by atoms with E-state index in [9.17, 15) is 0 Å². The van der Waals surface area contributed by atoms with Crippen LogP contribution in [-0.2, 0) is 32.7 Å². The number of hydrogen-bond donors (Lipinski definition) is 0. The molecule has 0 saturated carbocycles. The number of hydrogen-bond acceptors (Lipinski definition) is 0. The van der Waals surface area contributed by atoms with Crippen molar-refractivity contribution in [3.05, 3.63) is 13.8 Å². The number of unbranched alkanes of at least 4 members (excludes halogenated alkanes) is 9. The minimum absolute atomic E-state index is 0. The summed E-state index contributed by atoms with van der Waals surface area (Å²) in [5.41, 5.74) is 0. The Kier molecular flexibility index (Phi) is 419. The molecular weight excluding hydrogens is 473 g/mol. The number of rotatable bonds is 9. The average molecular weight is 562 g/mol. The van der Waals surface area contributed by atoms with E-state index in [0.717, 1.165) is 12.8 Å². The molecule has 0 amide bonds. The van der Waals surface area contributed by atoms with Gasteiger partial charge in [0, 0.05) is 32.7 Å². The second-order valence-corrected chi connectivity index (χ2v) is 6.18. The first kappa shape index (κ1) is 92.5. The molecule has 0 rings (SSSR count). The molecule has 0 aromatic rings. The van der Waals surface area contributed by atoms with Gasteiger partial charge in [-0.2, -0.15) is 12.8 Å². The van der Waals surface area contributed by atoms with Crippen molar-refractivity contribution in [2.24, 2.45) is 0 Å². The van der Waals surface area contributed by atoms with E-state index in [1.807, 2.05) is 6.92 Å². The monoisotopic (exact) mass is 562 g/mol. The minimum Gasteiger partial charge on any atom is -0.344 e. The Morgan fingerprint density at radius 3 is 0.545 bits per heavy atom. The van der Waals surface area contributed by atoms with E-state index < -0.39 is 0 Å². The van der Waals surface area contributed by atoms with Gasteiger partial charge in [0.15, 0.2) is 0 Å². The molecule has 1 radical (unpaired) electrons. The van der Waals surface area contributed by atoms with Gasteiger partial charge >= 0.3 is 0 Å². The Morgan fingerprint density at radius 1 is 0.364 bits per heavy atom. The van der Waals surface area contributed by atoms with Crippen LogP contribution in [0.4, 0.5) is 0 Å². The molecule has 0 nitrogen and oxygen atoms in total. The fourth-order valence-electron chi connectivity index (χ4n) is 1.43. The van der Waals surface area contributed by atoms with Crippen LogP contribution in [-0.4, -0.2) is 0 Å². The first-order chi connectivity index (χ1) is 11.6. The molecule has 0 aromatic heterocycles. The van der Waals surface area contributed by atoms with Crippen molar-refractivity contribution in [1.29, 1.82) is 0 Å². The van der Waals surface area contributed by atoms with Gasteiger partial charge in [-0.1, -0.05) is 192 Å². The Morgan fingerprint density at radius 2 is 0.485 bits per heavy atom. The molecule has 0 fully saturated rings. The van der Waals surface area contributed by atoms with Crippen LogP contribution in [0.25, 0.3) is 0 Å². The van der Waals surface area contributed by atoms with Crippen LogP contribution in [0.1, 0.15) is 205 Å². The van der Waals surface area contributed by atoms with Gasteiger partial charge in [-0.3, -0.25) is 0 Å². The quantitative estimate of drug-likeness (QED) is 0.194. The Balaban J connectivity index is -0.0000000109. The molecule has 33 heavy (non-hydrogen) atoms. The molecule has 0 aliphatic carbocycles. The predicted molar refractivity (Wildman–Crippen MR) is 175 cm³/mol. The Bertz CT molecular complexity index is 80.1. The molecule has 1 heteroatoms. The summed E-state index contributed by atoms with van der Waals surface area (Å²) in [5.74, 6) is 0. The van der Waals surface area contributed by atoms with Crippen LogP contribution >= 0.6 is 0 Å². The first-order valence-electron chi connectivity index (χ1n) is 11.2. The summed E-state index contributed by atoms with van der Waals surface area (Å²) in [5, 5.41) is 0. The second-order valence-electron chi connectivity index (χ2n) is 6.18. The van der Waals surface area contributed by atoms with E-state index in [0.29, 0.717) is 0 Å². The molecule has 0 spiro atoms. The van der Waals surface area contributed by atoms with Crippen molar-refractivity contribution in [2.75, 3.05) is 0 Å². The van der Waals surface area contributed by atoms with Crippen molar-refractivity contribution >= 4 is 0 Å². The normalized spacial score (nSPS) is 6.00. The largest absolute Gasteiger partial charge is 0.344 e. The van der Waals surface area contributed by atoms with Gasteiger partial charge in [0.2, 0.25) is 0 Å². The van der Waals surface area contributed by atoms with Gasteiger partial charge in [0.05, 0.1) is 0 Å². The fourth-order valence-corrected chi connectivity index (χ4v) is 1.43. The van der Waals surface area contributed by atoms with Gasteiger partial charge in [-0.15, -0.1) is 0 Å². The van der Waals surface area contributed by atoms with Crippen LogP contribution < -0.4 is 0 Å². The van der Waals surface area contributed by atoms with Crippen LogP contribution in [0.2, 0.25) is 0 Å². The van der Waals surface area contributed by atoms with Gasteiger partial charge in [0.25, 0.3) is 0 Å². The van der Waals surface area contributed by atoms with Gasteiger partial charge < -0.3 is 13.8 Å². The van der Waals surface area contributed by atoms with E-state index >= 15 is 0 Å². The van der Waals surface area contributed by atoms with Crippen molar-refractivity contribution in [2.45, 2.75) is 205 Å². The summed E-state index contributed by atoms with van der Waals surface area (Å²) < 4.78 is 0. The van der Waals surface area contributed by atoms with E-state index in [1.165, 1.54) is 77.0 Å². The maximum atomic E-state index is 3.72. The Labute approximate surface area is 250 Å². The zero-order valence-electron chi connectivity index (χ0n) is 19.9. The molecular formula is C32H88Y-2. The summed E-state index contributed by atoms with van der Waals surface area (Å²) in [6, 6.07) is 0. The van der Waals surface area contributed by atoms with Gasteiger partial charge in [0.1, 0.15) is 0 Å². The third-order valence-electron chi connectivity index (χ3n) is 2.77. The smallest absolute Gasteiger partial charge is 0 e. The van der Waals surface area contributed by atoms with Crippen LogP contribution in [0.5, 0.6) is 0 Å². The SMILES string of the molecule is C.C.C.C.C.C.C.C.CCC.CCCCCC.CCCCCC.[CH2-]CC.[CH2-]CCCCC.[Y]. The summed E-state index contributed by atoms with van der Waals surface area (Å²) in [6.45, 7) is 24.6. The van der Waals surface area contributed by atoms with Crippen molar-refractivity contribution in [3.63, 3.8) is 0 Å². The third-order valence-corrected chi connectivity index (χ3v) is 2.77. The first-order valence-corrected chi connectivity index (χ1v) is 11.2. The van der Waals surface area contributed by atoms with Crippen molar-refractivity contribution in [3.8, 4) is 0 Å². The van der Waals surface area contributed by atoms with E-state index in [1.54, 1.807) is 0 Å². The molecule has 0 atom stereocenters. The fraction of sp³-hybridized carbons (Fsp3) is 0.938. The molecule has 0 saturated heterocycles. The minimum atomic E-state index is 0. The van der Waals surface area contributed by atoms with E-state index in [-0.39, 0.29) is 92.1 Å². The van der Waals surface area contributed by atoms with Gasteiger partial charge in [-0.25, -0.2) is 0 Å². The second kappa shape index (κ2) is 150. The molecule has 0 heterocycles. The maximum absolute atomic E-state index is 3.72. The molecule has 0 aromatic carbocycles. The summed E-state index contributed by atoms with van der Waals surface area (Å²) >= 11 is 0. The molecule has 0 N–H and O–H groups in total. The standard InChI is InChI=1S/2C6H14.C6H13.C3H8.C3H7.8CH4.Y/c3*1-3-5-6-4-2;2*1-3-2;;;;;;;;;/h2*3-6H2,1-2H3;1,3-6H2,2H3;3H2,1-2H3;1,3H2,2H3;8*1H4;/q;;-1;;-1;;;;;;;;;. The Hall–Kier alpha value is 1.10. The maximum Gasteiger partial charge on any atom is 0 e. The third kappa shape index (κ3) is 314. The van der Waals surface area contributed by atoms with Crippen LogP contribution in [0, 0.1) is 13.8 Å². The van der Waals surface area contributed by atoms with Crippen LogP contribution in [0.3, 0.4) is 0 Å². The molecule has 0 aliphatic rings. The van der Waals surface area contributed by atoms with Crippen molar-refractivity contribution in [1.82, 2.24) is 0 Å². The van der Waals surface area contributed by atoms with Gasteiger partial charge in [-0.05, 0) is 0 Å². The summed E-state index contributed by atoms with van der Waals surface area (Å²) in [4.78, 5) is 0. The zero-order chi connectivity index (χ0) is 19.9. The van der Waals surface area contributed by atoms with E-state index in [4.69, 9.17) is 0 Å². The molecule has 0 unspecified atom stereocenters. The average Bonchev–Trinajstić information content (AvgIpc) is 2.59. The zero-order valence-corrected chi connectivity index (χ0v) is 22.7. The van der Waals surface area contributed by atoms with E-state index in [2.05, 4.69) is 62.3 Å². The predicted octanol–water partition coefficient (Wildman–Crippen LogP) is 15.3.